The van der Waals surface area contributed by atoms with Crippen LogP contribution in [-0.2, 0) is 10.5 Å². The van der Waals surface area contributed by atoms with Gasteiger partial charge in [0, 0.05) is 11.8 Å². The van der Waals surface area contributed by atoms with Crippen molar-refractivity contribution in [3.05, 3.63) is 87.7 Å². The van der Waals surface area contributed by atoms with Gasteiger partial charge in [-0.3, -0.25) is 20.2 Å². The molecule has 0 saturated heterocycles. The number of nitro benzene ring substituents is 1. The molecule has 0 atom stereocenters. The molecule has 180 valence electrons. The van der Waals surface area contributed by atoms with Crippen molar-refractivity contribution in [1.29, 1.82) is 5.26 Å². The number of methoxy groups -OCH3 is 1. The Morgan fingerprint density at radius 3 is 2.78 bits per heavy atom. The number of amides is 1. The highest BCUT2D eigenvalue weighted by Crippen LogP contribution is 2.34. The first-order chi connectivity index (χ1) is 17.5. The molecular formula is C24H17N5O5S2. The third kappa shape index (κ3) is 5.96. The number of nitrogens with zero attached hydrogens (tertiary/aromatic N) is 4. The second-order valence-electron chi connectivity index (χ2n) is 7.11. The molecule has 0 saturated carbocycles. The molecule has 0 radical (unpaired) electrons. The van der Waals surface area contributed by atoms with Gasteiger partial charge in [0.05, 0.1) is 23.7 Å². The second-order valence-corrected chi connectivity index (χ2v) is 9.31. The molecule has 0 aliphatic carbocycles. The summed E-state index contributed by atoms with van der Waals surface area (Å²) in [5.41, 5.74) is 0.942. The number of nitro groups is 1. The molecule has 0 aliphatic rings. The van der Waals surface area contributed by atoms with Crippen LogP contribution < -0.4 is 10.1 Å². The molecule has 4 aromatic rings. The molecule has 1 amide bonds. The fourth-order valence-electron chi connectivity index (χ4n) is 3.07. The van der Waals surface area contributed by atoms with E-state index in [-0.39, 0.29) is 33.5 Å². The molecule has 0 unspecified atom stereocenters. The second kappa shape index (κ2) is 11.3. The van der Waals surface area contributed by atoms with Gasteiger partial charge in [0.1, 0.15) is 28.9 Å². The topological polar surface area (TPSA) is 144 Å². The molecule has 12 heteroatoms. The van der Waals surface area contributed by atoms with E-state index in [2.05, 4.69) is 15.5 Å². The molecule has 0 fully saturated rings. The van der Waals surface area contributed by atoms with E-state index in [0.29, 0.717) is 15.8 Å². The molecule has 0 aliphatic heterocycles. The van der Waals surface area contributed by atoms with Crippen LogP contribution in [0.3, 0.4) is 0 Å². The van der Waals surface area contributed by atoms with E-state index in [1.54, 1.807) is 6.07 Å². The van der Waals surface area contributed by atoms with Crippen LogP contribution in [0.4, 0.5) is 10.8 Å². The van der Waals surface area contributed by atoms with Crippen molar-refractivity contribution < 1.29 is 18.9 Å². The van der Waals surface area contributed by atoms with Gasteiger partial charge in [-0.15, -0.1) is 10.2 Å². The Hall–Kier alpha value is -4.47. The molecule has 10 nitrogen and oxygen atoms in total. The van der Waals surface area contributed by atoms with E-state index in [9.17, 15) is 20.2 Å². The molecule has 2 aromatic carbocycles. The lowest BCUT2D eigenvalue weighted by Gasteiger charge is -2.03. The summed E-state index contributed by atoms with van der Waals surface area (Å²) >= 11 is 2.69. The zero-order valence-electron chi connectivity index (χ0n) is 18.7. The normalized spacial score (nSPS) is 11.1. The first kappa shape index (κ1) is 24.6. The van der Waals surface area contributed by atoms with E-state index in [4.69, 9.17) is 9.15 Å². The van der Waals surface area contributed by atoms with Crippen LogP contribution >= 0.6 is 23.1 Å². The number of hydrogen-bond acceptors (Lipinski definition) is 10. The number of rotatable bonds is 9. The number of aromatic nitrogens is 2. The van der Waals surface area contributed by atoms with Crippen molar-refractivity contribution in [1.82, 2.24) is 10.2 Å². The number of anilines is 1. The maximum Gasteiger partial charge on any atom is 0.284 e. The SMILES string of the molecule is COc1ccc(-c2ccc(/C=C(/C#N)C(=O)Nc3nnc(SCc4ccccc4)s3)o2)c([N+](=O)[O-])c1. The number of nitriles is 1. The lowest BCUT2D eigenvalue weighted by atomic mass is 10.1. The number of carbonyl (C=O) groups excluding carboxylic acids is 1. The number of nitrogens with one attached hydrogen (secondary N) is 1. The van der Waals surface area contributed by atoms with Gasteiger partial charge in [-0.2, -0.15) is 5.26 Å². The van der Waals surface area contributed by atoms with Gasteiger partial charge in [-0.05, 0) is 29.8 Å². The Labute approximate surface area is 213 Å². The minimum absolute atomic E-state index is 0.179. The number of benzene rings is 2. The van der Waals surface area contributed by atoms with E-state index < -0.39 is 10.8 Å². The first-order valence-electron chi connectivity index (χ1n) is 10.3. The Morgan fingerprint density at radius 2 is 2.06 bits per heavy atom. The lowest BCUT2D eigenvalue weighted by Crippen LogP contribution is -2.13. The fraction of sp³-hybridized carbons (Fsp3) is 0.0833. The van der Waals surface area contributed by atoms with E-state index >= 15 is 0 Å². The van der Waals surface area contributed by atoms with Gasteiger partial charge in [0.25, 0.3) is 11.6 Å². The lowest BCUT2D eigenvalue weighted by molar-refractivity contribution is -0.384. The highest BCUT2D eigenvalue weighted by atomic mass is 32.2. The van der Waals surface area contributed by atoms with Crippen molar-refractivity contribution in [3.63, 3.8) is 0 Å². The van der Waals surface area contributed by atoms with Gasteiger partial charge < -0.3 is 9.15 Å². The predicted molar refractivity (Wildman–Crippen MR) is 135 cm³/mol. The number of hydrogen-bond donors (Lipinski definition) is 1. The Bertz CT molecular complexity index is 1470. The molecule has 36 heavy (non-hydrogen) atoms. The summed E-state index contributed by atoms with van der Waals surface area (Å²) in [6.45, 7) is 0. The quantitative estimate of drug-likeness (QED) is 0.0751. The number of ether oxygens (including phenoxy) is 1. The van der Waals surface area contributed by atoms with Crippen molar-refractivity contribution >= 4 is 45.9 Å². The summed E-state index contributed by atoms with van der Waals surface area (Å²) in [6.07, 6.45) is 1.25. The number of furan rings is 1. The Kier molecular flexibility index (Phi) is 7.74. The highest BCUT2D eigenvalue weighted by molar-refractivity contribution is 8.00. The van der Waals surface area contributed by atoms with Gasteiger partial charge in [-0.25, -0.2) is 0 Å². The van der Waals surface area contributed by atoms with Gasteiger partial charge >= 0.3 is 0 Å². The van der Waals surface area contributed by atoms with Crippen LogP contribution in [0.25, 0.3) is 17.4 Å². The largest absolute Gasteiger partial charge is 0.497 e. The summed E-state index contributed by atoms with van der Waals surface area (Å²) in [4.78, 5) is 23.5. The molecule has 0 bridgehead atoms. The maximum absolute atomic E-state index is 12.6. The average molecular weight is 520 g/mol. The third-order valence-corrected chi connectivity index (χ3v) is 6.82. The molecule has 1 N–H and O–H groups in total. The molecule has 2 aromatic heterocycles. The minimum atomic E-state index is -0.679. The van der Waals surface area contributed by atoms with Crippen molar-refractivity contribution in [2.75, 3.05) is 12.4 Å². The van der Waals surface area contributed by atoms with Crippen LogP contribution in [0.5, 0.6) is 5.75 Å². The van der Waals surface area contributed by atoms with Crippen molar-refractivity contribution in [3.8, 4) is 23.1 Å². The third-order valence-electron chi connectivity index (χ3n) is 4.78. The molecular weight excluding hydrogens is 502 g/mol. The summed E-state index contributed by atoms with van der Waals surface area (Å²) in [5.74, 6) is 0.746. The molecule has 4 rings (SSSR count). The van der Waals surface area contributed by atoms with Crippen LogP contribution in [0.2, 0.25) is 0 Å². The monoisotopic (exact) mass is 519 g/mol. The van der Waals surface area contributed by atoms with Crippen molar-refractivity contribution in [2.24, 2.45) is 0 Å². The number of thioether (sulfide) groups is 1. The van der Waals surface area contributed by atoms with Crippen LogP contribution in [0.15, 0.2) is 75.0 Å². The molecule has 2 heterocycles. The zero-order chi connectivity index (χ0) is 25.5. The van der Waals surface area contributed by atoms with E-state index in [1.165, 1.54) is 60.5 Å². The molecule has 0 spiro atoms. The predicted octanol–water partition coefficient (Wildman–Crippen LogP) is 5.55. The van der Waals surface area contributed by atoms with E-state index in [1.807, 2.05) is 36.4 Å². The van der Waals surface area contributed by atoms with Crippen LogP contribution in [-0.4, -0.2) is 28.1 Å². The average Bonchev–Trinajstić information content (AvgIpc) is 3.55. The van der Waals surface area contributed by atoms with Crippen LogP contribution in [0.1, 0.15) is 11.3 Å². The minimum Gasteiger partial charge on any atom is -0.497 e. The zero-order valence-corrected chi connectivity index (χ0v) is 20.3. The van der Waals surface area contributed by atoms with Gasteiger partial charge in [0.2, 0.25) is 5.13 Å². The summed E-state index contributed by atoms with van der Waals surface area (Å²) in [7, 11) is 1.41. The standard InChI is InChI=1S/C24H17N5O5S2/c1-33-17-7-9-19(20(12-17)29(31)32)21-10-8-18(34-21)11-16(13-25)22(30)26-23-27-28-24(36-23)35-14-15-5-3-2-4-6-15/h2-12H,14H2,1H3,(H,26,27,30)/b16-11-. The summed E-state index contributed by atoms with van der Waals surface area (Å²) in [6, 6.07) is 19.1. The highest BCUT2D eigenvalue weighted by Gasteiger charge is 2.20. The Morgan fingerprint density at radius 1 is 1.25 bits per heavy atom. The smallest absolute Gasteiger partial charge is 0.284 e. The van der Waals surface area contributed by atoms with Gasteiger partial charge in [0.15, 0.2) is 4.34 Å². The Balaban J connectivity index is 1.45. The van der Waals surface area contributed by atoms with Crippen molar-refractivity contribution in [2.45, 2.75) is 10.1 Å². The van der Waals surface area contributed by atoms with Gasteiger partial charge in [-0.1, -0.05) is 53.4 Å². The fourth-order valence-corrected chi connectivity index (χ4v) is 4.77. The van der Waals surface area contributed by atoms with E-state index in [0.717, 1.165) is 5.56 Å². The number of carbonyl (C=O) groups is 1. The first-order valence-corrected chi connectivity index (χ1v) is 12.1. The summed E-state index contributed by atoms with van der Waals surface area (Å²) < 4.78 is 11.4. The van der Waals surface area contributed by atoms with Crippen LogP contribution in [0, 0.1) is 21.4 Å². The maximum atomic E-state index is 12.6. The summed E-state index contributed by atoms with van der Waals surface area (Å²) in [5, 5.41) is 31.8.